The van der Waals surface area contributed by atoms with Crippen molar-refractivity contribution >= 4 is 11.3 Å². The summed E-state index contributed by atoms with van der Waals surface area (Å²) >= 11 is 1.78. The highest BCUT2D eigenvalue weighted by molar-refractivity contribution is 7.11. The van der Waals surface area contributed by atoms with Gasteiger partial charge in [0.1, 0.15) is 5.01 Å². The molecule has 17 heavy (non-hydrogen) atoms. The van der Waals surface area contributed by atoms with Gasteiger partial charge in [-0.1, -0.05) is 6.92 Å². The van der Waals surface area contributed by atoms with E-state index in [1.165, 1.54) is 17.8 Å². The van der Waals surface area contributed by atoms with Crippen molar-refractivity contribution in [1.29, 1.82) is 0 Å². The summed E-state index contributed by atoms with van der Waals surface area (Å²) in [5.74, 6) is 0. The highest BCUT2D eigenvalue weighted by Gasteiger charge is 2.34. The predicted octanol–water partition coefficient (Wildman–Crippen LogP) is 2.42. The molecule has 0 aromatic carbocycles. The third kappa shape index (κ3) is 2.69. The molecule has 1 aromatic heterocycles. The Bertz CT molecular complexity index is 359. The van der Waals surface area contributed by atoms with E-state index in [0.717, 1.165) is 36.6 Å². The average molecular weight is 253 g/mol. The van der Waals surface area contributed by atoms with Crippen molar-refractivity contribution in [3.8, 4) is 0 Å². The molecule has 3 nitrogen and oxygen atoms in total. The van der Waals surface area contributed by atoms with Gasteiger partial charge in [-0.2, -0.15) is 0 Å². The molecule has 0 amide bonds. The standard InChI is InChI=1S/C13H23N3S/c1-4-7-16-8-5-13(14,6-9-16)12-15-10(2)11(3)17-12/h4-9,14H2,1-3H3. The molecule has 1 aliphatic heterocycles. The maximum Gasteiger partial charge on any atom is 0.113 e. The molecule has 1 saturated heterocycles. The lowest BCUT2D eigenvalue weighted by molar-refractivity contribution is 0.162. The summed E-state index contributed by atoms with van der Waals surface area (Å²) < 4.78 is 0. The zero-order chi connectivity index (χ0) is 12.5. The number of aromatic nitrogens is 1. The Balaban J connectivity index is 2.06. The van der Waals surface area contributed by atoms with Crippen LogP contribution in [-0.2, 0) is 5.54 Å². The van der Waals surface area contributed by atoms with E-state index in [9.17, 15) is 0 Å². The molecule has 1 aromatic rings. The van der Waals surface area contributed by atoms with Crippen LogP contribution in [0.4, 0.5) is 0 Å². The zero-order valence-corrected chi connectivity index (χ0v) is 11.9. The normalized spacial score (nSPS) is 20.7. The van der Waals surface area contributed by atoms with Crippen molar-refractivity contribution < 1.29 is 0 Å². The Labute approximate surface area is 108 Å². The maximum atomic E-state index is 6.54. The maximum absolute atomic E-state index is 6.54. The SMILES string of the molecule is CCCN1CCC(N)(c2nc(C)c(C)s2)CC1. The number of hydrogen-bond acceptors (Lipinski definition) is 4. The Morgan fingerprint density at radius 2 is 2.00 bits per heavy atom. The van der Waals surface area contributed by atoms with E-state index >= 15 is 0 Å². The molecule has 2 rings (SSSR count). The van der Waals surface area contributed by atoms with Gasteiger partial charge in [0.05, 0.1) is 11.2 Å². The number of thiazole rings is 1. The minimum atomic E-state index is -0.173. The molecule has 0 aliphatic carbocycles. The Kier molecular flexibility index (Phi) is 3.85. The summed E-state index contributed by atoms with van der Waals surface area (Å²) in [5, 5.41) is 1.14. The molecular formula is C13H23N3S. The van der Waals surface area contributed by atoms with Crippen LogP contribution in [0.1, 0.15) is 41.8 Å². The summed E-state index contributed by atoms with van der Waals surface area (Å²) in [7, 11) is 0. The lowest BCUT2D eigenvalue weighted by Crippen LogP contribution is -2.48. The second kappa shape index (κ2) is 5.04. The number of likely N-dealkylation sites (tertiary alicyclic amines) is 1. The van der Waals surface area contributed by atoms with Crippen LogP contribution in [0.15, 0.2) is 0 Å². The summed E-state index contributed by atoms with van der Waals surface area (Å²) in [6.07, 6.45) is 3.31. The minimum Gasteiger partial charge on any atom is -0.319 e. The predicted molar refractivity (Wildman–Crippen MR) is 73.4 cm³/mol. The molecule has 2 N–H and O–H groups in total. The van der Waals surface area contributed by atoms with Gasteiger partial charge in [0.15, 0.2) is 0 Å². The summed E-state index contributed by atoms with van der Waals surface area (Å²) in [6.45, 7) is 9.87. The van der Waals surface area contributed by atoms with Crippen molar-refractivity contribution in [3.05, 3.63) is 15.6 Å². The number of aryl methyl sites for hydroxylation is 2. The van der Waals surface area contributed by atoms with Crippen molar-refractivity contribution in [3.63, 3.8) is 0 Å². The molecular weight excluding hydrogens is 230 g/mol. The van der Waals surface area contributed by atoms with Crippen LogP contribution in [-0.4, -0.2) is 29.5 Å². The van der Waals surface area contributed by atoms with Crippen molar-refractivity contribution in [2.24, 2.45) is 5.73 Å². The first-order chi connectivity index (χ1) is 8.05. The summed E-state index contributed by atoms with van der Waals surface area (Å²) in [6, 6.07) is 0. The fourth-order valence-electron chi connectivity index (χ4n) is 2.39. The number of piperidine rings is 1. The van der Waals surface area contributed by atoms with E-state index < -0.39 is 0 Å². The zero-order valence-electron chi connectivity index (χ0n) is 11.1. The first kappa shape index (κ1) is 13.0. The summed E-state index contributed by atoms with van der Waals surface area (Å²) in [4.78, 5) is 8.47. The highest BCUT2D eigenvalue weighted by atomic mass is 32.1. The molecule has 2 heterocycles. The quantitative estimate of drug-likeness (QED) is 0.899. The van der Waals surface area contributed by atoms with Gasteiger partial charge in [0.25, 0.3) is 0 Å². The van der Waals surface area contributed by atoms with Crippen LogP contribution < -0.4 is 5.73 Å². The second-order valence-corrected chi connectivity index (χ2v) is 6.36. The van der Waals surface area contributed by atoms with E-state index in [1.54, 1.807) is 11.3 Å². The molecule has 0 saturated carbocycles. The van der Waals surface area contributed by atoms with Gasteiger partial charge in [-0.25, -0.2) is 4.98 Å². The van der Waals surface area contributed by atoms with Gasteiger partial charge in [-0.15, -0.1) is 11.3 Å². The van der Waals surface area contributed by atoms with Crippen LogP contribution in [0, 0.1) is 13.8 Å². The Morgan fingerprint density at radius 3 is 2.47 bits per heavy atom. The molecule has 0 radical (unpaired) electrons. The van der Waals surface area contributed by atoms with E-state index in [-0.39, 0.29) is 5.54 Å². The average Bonchev–Trinajstić information content (AvgIpc) is 2.64. The molecule has 1 fully saturated rings. The molecule has 1 aliphatic rings. The van der Waals surface area contributed by atoms with Crippen molar-refractivity contribution in [1.82, 2.24) is 9.88 Å². The van der Waals surface area contributed by atoms with Crippen LogP contribution >= 0.6 is 11.3 Å². The second-order valence-electron chi connectivity index (χ2n) is 5.16. The van der Waals surface area contributed by atoms with Gasteiger partial charge in [0.2, 0.25) is 0 Å². The molecule has 96 valence electrons. The molecule has 0 atom stereocenters. The number of nitrogens with zero attached hydrogens (tertiary/aromatic N) is 2. The van der Waals surface area contributed by atoms with E-state index in [2.05, 4.69) is 30.7 Å². The third-order valence-corrected chi connectivity index (χ3v) is 5.04. The van der Waals surface area contributed by atoms with Crippen molar-refractivity contribution in [2.75, 3.05) is 19.6 Å². The van der Waals surface area contributed by atoms with Crippen LogP contribution in [0.25, 0.3) is 0 Å². The smallest absolute Gasteiger partial charge is 0.113 e. The molecule has 0 bridgehead atoms. The fraction of sp³-hybridized carbons (Fsp3) is 0.769. The summed E-state index contributed by atoms with van der Waals surface area (Å²) in [5.41, 5.74) is 7.51. The van der Waals surface area contributed by atoms with Crippen LogP contribution in [0.3, 0.4) is 0 Å². The fourth-order valence-corrected chi connectivity index (χ4v) is 3.46. The van der Waals surface area contributed by atoms with E-state index in [1.807, 2.05) is 0 Å². The molecule has 0 unspecified atom stereocenters. The van der Waals surface area contributed by atoms with Gasteiger partial charge in [-0.3, -0.25) is 0 Å². The molecule has 0 spiro atoms. The molecule has 4 heteroatoms. The van der Waals surface area contributed by atoms with Gasteiger partial charge < -0.3 is 10.6 Å². The Hall–Kier alpha value is -0.450. The topological polar surface area (TPSA) is 42.1 Å². The van der Waals surface area contributed by atoms with Gasteiger partial charge >= 0.3 is 0 Å². The lowest BCUT2D eigenvalue weighted by Gasteiger charge is -2.37. The van der Waals surface area contributed by atoms with Gasteiger partial charge in [-0.05, 0) is 39.7 Å². The number of hydrogen-bond donors (Lipinski definition) is 1. The first-order valence-corrected chi connectivity index (χ1v) is 7.32. The first-order valence-electron chi connectivity index (χ1n) is 6.51. The number of nitrogens with two attached hydrogens (primary N) is 1. The van der Waals surface area contributed by atoms with E-state index in [4.69, 9.17) is 5.73 Å². The monoisotopic (exact) mass is 253 g/mol. The Morgan fingerprint density at radius 1 is 1.35 bits per heavy atom. The third-order valence-electron chi connectivity index (χ3n) is 3.74. The van der Waals surface area contributed by atoms with Crippen molar-refractivity contribution in [2.45, 2.75) is 45.6 Å². The highest BCUT2D eigenvalue weighted by Crippen LogP contribution is 2.34. The van der Waals surface area contributed by atoms with Gasteiger partial charge in [0, 0.05) is 18.0 Å². The van der Waals surface area contributed by atoms with Crippen LogP contribution in [0.5, 0.6) is 0 Å². The number of rotatable bonds is 3. The lowest BCUT2D eigenvalue weighted by atomic mass is 9.89. The van der Waals surface area contributed by atoms with Crippen LogP contribution in [0.2, 0.25) is 0 Å². The minimum absolute atomic E-state index is 0.173. The largest absolute Gasteiger partial charge is 0.319 e. The van der Waals surface area contributed by atoms with E-state index in [0.29, 0.717) is 0 Å².